The monoisotopic (exact) mass is 134 g/mol. The van der Waals surface area contributed by atoms with Crippen LogP contribution >= 0.6 is 0 Å². The zero-order valence-corrected chi connectivity index (χ0v) is 5.33. The molecular formula is C8H8NO+. The summed E-state index contributed by atoms with van der Waals surface area (Å²) < 4.78 is 0. The molecule has 0 aliphatic rings. The third kappa shape index (κ3) is 0.589. The Bertz CT molecular complexity index is 356. The molecule has 2 heteroatoms. The van der Waals surface area contributed by atoms with Crippen LogP contribution in [-0.2, 0) is 0 Å². The zero-order chi connectivity index (χ0) is 6.97. The average Bonchev–Trinajstić information content (AvgIpc) is 2.36. The van der Waals surface area contributed by atoms with Gasteiger partial charge in [0.25, 0.3) is 0 Å². The molecule has 2 rings (SSSR count). The first-order chi connectivity index (χ1) is 4.88. The Hall–Kier alpha value is -1.44. The number of hydrogen-bond acceptors (Lipinski definition) is 1. The van der Waals surface area contributed by atoms with Crippen LogP contribution in [0.5, 0.6) is 5.75 Å². The molecule has 0 fully saturated rings. The highest BCUT2D eigenvalue weighted by atomic mass is 16.3. The molecule has 1 aromatic carbocycles. The molecule has 0 spiro atoms. The maximum absolute atomic E-state index is 9.24. The predicted octanol–water partition coefficient (Wildman–Crippen LogP) is 1.99. The normalized spacial score (nSPS) is 10.4. The highest BCUT2D eigenvalue weighted by molar-refractivity contribution is 5.85. The van der Waals surface area contributed by atoms with Crippen LogP contribution in [0.15, 0.2) is 30.5 Å². The average molecular weight is 134 g/mol. The molecule has 0 saturated heterocycles. The minimum Gasteiger partial charge on any atom is -0.507 e. The Labute approximate surface area is 59.6 Å². The van der Waals surface area contributed by atoms with Gasteiger partial charge in [-0.3, -0.25) is 0 Å². The minimum absolute atomic E-state index is 0. The summed E-state index contributed by atoms with van der Waals surface area (Å²) in [6.45, 7) is 0. The van der Waals surface area contributed by atoms with Crippen molar-refractivity contribution in [2.45, 2.75) is 0 Å². The molecular weight excluding hydrogens is 126 g/mol. The van der Waals surface area contributed by atoms with E-state index in [1.807, 2.05) is 24.4 Å². The summed E-state index contributed by atoms with van der Waals surface area (Å²) in [5, 5.41) is 10.1. The third-order valence-electron chi connectivity index (χ3n) is 1.57. The molecule has 50 valence electrons. The number of aromatic hydroxyl groups is 1. The van der Waals surface area contributed by atoms with Gasteiger partial charge in [0, 0.05) is 17.1 Å². The molecule has 1 heterocycles. The maximum atomic E-state index is 9.24. The quantitative estimate of drug-likeness (QED) is 0.567. The van der Waals surface area contributed by atoms with Crippen LogP contribution in [0.3, 0.4) is 0 Å². The number of hydrogen-bond donors (Lipinski definition) is 2. The van der Waals surface area contributed by atoms with E-state index in [0.717, 1.165) is 10.9 Å². The van der Waals surface area contributed by atoms with Crippen LogP contribution in [0.2, 0.25) is 0 Å². The van der Waals surface area contributed by atoms with Gasteiger partial charge in [-0.15, -0.1) is 0 Å². The summed E-state index contributed by atoms with van der Waals surface area (Å²) in [7, 11) is 0. The highest BCUT2D eigenvalue weighted by Gasteiger charge is 1.96. The number of H-pyrrole nitrogens is 1. The van der Waals surface area contributed by atoms with Gasteiger partial charge in [0.2, 0.25) is 0 Å². The van der Waals surface area contributed by atoms with Gasteiger partial charge in [-0.1, -0.05) is 6.07 Å². The number of benzene rings is 1. The third-order valence-corrected chi connectivity index (χ3v) is 1.57. The standard InChI is InChI=1S/C8H7NO/c10-8-3-1-2-7-6(8)4-5-9-7/h1-5,9-10H/p+1. The molecule has 0 saturated carbocycles. The van der Waals surface area contributed by atoms with E-state index in [1.165, 1.54) is 0 Å². The van der Waals surface area contributed by atoms with E-state index in [9.17, 15) is 5.11 Å². The van der Waals surface area contributed by atoms with Gasteiger partial charge in [-0.05, 0) is 18.2 Å². The molecule has 2 N–H and O–H groups in total. The van der Waals surface area contributed by atoms with Crippen molar-refractivity contribution in [2.24, 2.45) is 0 Å². The summed E-state index contributed by atoms with van der Waals surface area (Å²) in [5.74, 6) is 0.332. The van der Waals surface area contributed by atoms with E-state index < -0.39 is 0 Å². The molecule has 0 bridgehead atoms. The van der Waals surface area contributed by atoms with Crippen molar-refractivity contribution in [1.29, 1.82) is 0 Å². The topological polar surface area (TPSA) is 36.0 Å². The van der Waals surface area contributed by atoms with E-state index in [2.05, 4.69) is 4.98 Å². The Balaban J connectivity index is 0.000000605. The number of phenolic OH excluding ortho intramolecular Hbond substituents is 1. The first kappa shape index (κ1) is 5.35. The fourth-order valence-electron chi connectivity index (χ4n) is 1.07. The summed E-state index contributed by atoms with van der Waals surface area (Å²) in [6, 6.07) is 7.27. The van der Waals surface area contributed by atoms with Crippen LogP contribution in [-0.4, -0.2) is 10.1 Å². The highest BCUT2D eigenvalue weighted by Crippen LogP contribution is 2.22. The van der Waals surface area contributed by atoms with Crippen LogP contribution in [0.4, 0.5) is 0 Å². The molecule has 0 atom stereocenters. The van der Waals surface area contributed by atoms with Gasteiger partial charge < -0.3 is 10.1 Å². The second-order valence-electron chi connectivity index (χ2n) is 2.22. The van der Waals surface area contributed by atoms with Gasteiger partial charge in [-0.25, -0.2) is 0 Å². The second-order valence-corrected chi connectivity index (χ2v) is 2.22. The van der Waals surface area contributed by atoms with Crippen molar-refractivity contribution >= 4 is 10.9 Å². The predicted molar refractivity (Wildman–Crippen MR) is 41.1 cm³/mol. The van der Waals surface area contributed by atoms with E-state index >= 15 is 0 Å². The second kappa shape index (κ2) is 1.77. The molecule has 0 unspecified atom stereocenters. The first-order valence-corrected chi connectivity index (χ1v) is 3.13. The van der Waals surface area contributed by atoms with E-state index in [4.69, 9.17) is 0 Å². The number of rotatable bonds is 0. The first-order valence-electron chi connectivity index (χ1n) is 3.13. The Morgan fingerprint density at radius 2 is 2.20 bits per heavy atom. The lowest BCUT2D eigenvalue weighted by atomic mass is 10.2. The summed E-state index contributed by atoms with van der Waals surface area (Å²) >= 11 is 0. The molecule has 0 aliphatic carbocycles. The van der Waals surface area contributed by atoms with Gasteiger partial charge in [-0.2, -0.15) is 0 Å². The van der Waals surface area contributed by atoms with E-state index in [-0.39, 0.29) is 1.43 Å². The Morgan fingerprint density at radius 1 is 1.30 bits per heavy atom. The number of aromatic amines is 1. The van der Waals surface area contributed by atoms with E-state index in [1.54, 1.807) is 6.07 Å². The van der Waals surface area contributed by atoms with Crippen molar-refractivity contribution in [1.82, 2.24) is 4.98 Å². The van der Waals surface area contributed by atoms with Crippen molar-refractivity contribution in [3.8, 4) is 5.75 Å². The van der Waals surface area contributed by atoms with Crippen molar-refractivity contribution < 1.29 is 6.53 Å². The smallest absolute Gasteiger partial charge is 0.507 e. The van der Waals surface area contributed by atoms with Crippen LogP contribution in [0.25, 0.3) is 10.9 Å². The molecule has 10 heavy (non-hydrogen) atoms. The molecule has 1 aromatic heterocycles. The van der Waals surface area contributed by atoms with Crippen LogP contribution in [0.1, 0.15) is 1.43 Å². The van der Waals surface area contributed by atoms with Gasteiger partial charge >= 0.3 is 1.43 Å². The zero-order valence-electron chi connectivity index (χ0n) is 6.33. The number of phenols is 1. The largest absolute Gasteiger partial charge is 1.00 e. The SMILES string of the molecule is Oc1cccc2[nH]ccc12.[H+]. The van der Waals surface area contributed by atoms with Gasteiger partial charge in [0.05, 0.1) is 0 Å². The number of nitrogens with one attached hydrogen (secondary N) is 1. The lowest BCUT2D eigenvalue weighted by Crippen LogP contribution is -1.66. The fraction of sp³-hybridized carbons (Fsp3) is 0. The molecule has 0 aliphatic heterocycles. The summed E-state index contributed by atoms with van der Waals surface area (Å²) in [6.07, 6.45) is 1.81. The molecule has 0 radical (unpaired) electrons. The number of aromatic nitrogens is 1. The molecule has 2 aromatic rings. The Morgan fingerprint density at radius 3 is 3.00 bits per heavy atom. The lowest BCUT2D eigenvalue weighted by Gasteiger charge is -1.91. The van der Waals surface area contributed by atoms with Crippen molar-refractivity contribution in [3.63, 3.8) is 0 Å². The van der Waals surface area contributed by atoms with Gasteiger partial charge in [0.15, 0.2) is 0 Å². The van der Waals surface area contributed by atoms with Gasteiger partial charge in [0.1, 0.15) is 5.75 Å². The fourth-order valence-corrected chi connectivity index (χ4v) is 1.07. The molecule has 2 nitrogen and oxygen atoms in total. The van der Waals surface area contributed by atoms with Crippen molar-refractivity contribution in [3.05, 3.63) is 30.5 Å². The number of fused-ring (bicyclic) bond motifs is 1. The summed E-state index contributed by atoms with van der Waals surface area (Å²) in [4.78, 5) is 3.00. The lowest BCUT2D eigenvalue weighted by molar-refractivity contribution is 0.482. The van der Waals surface area contributed by atoms with Crippen LogP contribution < -0.4 is 0 Å². The minimum atomic E-state index is 0. The maximum Gasteiger partial charge on any atom is 1.00 e. The van der Waals surface area contributed by atoms with Crippen LogP contribution in [0, 0.1) is 0 Å². The molecule has 0 amide bonds. The Kier molecular flexibility index (Phi) is 0.947. The van der Waals surface area contributed by atoms with Crippen molar-refractivity contribution in [2.75, 3.05) is 0 Å². The van der Waals surface area contributed by atoms with E-state index in [0.29, 0.717) is 5.75 Å². The summed E-state index contributed by atoms with van der Waals surface area (Å²) in [5.41, 5.74) is 0.972.